The lowest BCUT2D eigenvalue weighted by Gasteiger charge is -2.32. The van der Waals surface area contributed by atoms with Gasteiger partial charge >= 0.3 is 0 Å². The molecular formula is C17H22BrN5S. The number of likely N-dealkylation sites (tertiary alicyclic amines) is 1. The predicted octanol–water partition coefficient (Wildman–Crippen LogP) is 3.52. The van der Waals surface area contributed by atoms with E-state index in [0.29, 0.717) is 0 Å². The minimum atomic E-state index is 0.875. The van der Waals surface area contributed by atoms with Crippen LogP contribution in [0.1, 0.15) is 19.3 Å². The fourth-order valence-corrected chi connectivity index (χ4v) is 4.73. The predicted molar refractivity (Wildman–Crippen MR) is 101 cm³/mol. The third-order valence-corrected chi connectivity index (χ3v) is 6.48. The molecular weight excluding hydrogens is 386 g/mol. The molecule has 5 nitrogen and oxygen atoms in total. The molecule has 0 N–H and O–H groups in total. The first-order valence-electron chi connectivity index (χ1n) is 8.57. The number of benzene rings is 1. The van der Waals surface area contributed by atoms with Gasteiger partial charge in [-0.15, -0.1) is 10.2 Å². The minimum Gasteiger partial charge on any atom is -0.302 e. The minimum absolute atomic E-state index is 0.875. The van der Waals surface area contributed by atoms with Crippen molar-refractivity contribution in [3.63, 3.8) is 0 Å². The van der Waals surface area contributed by atoms with Crippen molar-refractivity contribution in [1.29, 1.82) is 0 Å². The molecule has 0 bridgehead atoms. The molecule has 2 aromatic rings. The Kier molecular flexibility index (Phi) is 5.22. The first-order chi connectivity index (χ1) is 11.8. The summed E-state index contributed by atoms with van der Waals surface area (Å²) >= 11 is 5.42. The molecule has 2 aliphatic rings. The number of halogens is 1. The van der Waals surface area contributed by atoms with E-state index in [-0.39, 0.29) is 0 Å². The van der Waals surface area contributed by atoms with Crippen LogP contribution in [-0.4, -0.2) is 56.6 Å². The van der Waals surface area contributed by atoms with E-state index in [9.17, 15) is 0 Å². The van der Waals surface area contributed by atoms with Crippen LogP contribution in [0, 0.1) is 0 Å². The molecule has 0 aliphatic carbocycles. The average Bonchev–Trinajstić information content (AvgIpc) is 3.04. The van der Waals surface area contributed by atoms with E-state index >= 15 is 0 Å². The van der Waals surface area contributed by atoms with Crippen molar-refractivity contribution in [1.82, 2.24) is 24.6 Å². The van der Waals surface area contributed by atoms with Crippen molar-refractivity contribution in [3.8, 4) is 11.4 Å². The Labute approximate surface area is 155 Å². The highest BCUT2D eigenvalue weighted by Gasteiger charge is 2.23. The van der Waals surface area contributed by atoms with Crippen LogP contribution >= 0.6 is 27.7 Å². The molecule has 0 amide bonds. The SMILES string of the molecule is Brc1ccccc1-c1nnc2n1CN(CCN1CCCCC1)CS2. The van der Waals surface area contributed by atoms with Gasteiger partial charge in [-0.05, 0) is 32.0 Å². The average molecular weight is 408 g/mol. The summed E-state index contributed by atoms with van der Waals surface area (Å²) in [6, 6.07) is 8.23. The van der Waals surface area contributed by atoms with E-state index in [2.05, 4.69) is 52.6 Å². The maximum atomic E-state index is 4.44. The lowest BCUT2D eigenvalue weighted by Crippen LogP contribution is -2.39. The Hall–Kier alpha value is -0.890. The number of rotatable bonds is 4. The second kappa shape index (κ2) is 7.56. The highest BCUT2D eigenvalue weighted by Crippen LogP contribution is 2.32. The van der Waals surface area contributed by atoms with E-state index < -0.39 is 0 Å². The van der Waals surface area contributed by atoms with E-state index in [0.717, 1.165) is 40.1 Å². The molecule has 0 atom stereocenters. The Morgan fingerprint density at radius 1 is 1.00 bits per heavy atom. The van der Waals surface area contributed by atoms with Crippen molar-refractivity contribution >= 4 is 27.7 Å². The topological polar surface area (TPSA) is 37.2 Å². The maximum absolute atomic E-state index is 4.44. The number of hydrogen-bond acceptors (Lipinski definition) is 5. The lowest BCUT2D eigenvalue weighted by molar-refractivity contribution is 0.169. The highest BCUT2D eigenvalue weighted by molar-refractivity contribution is 9.10. The lowest BCUT2D eigenvalue weighted by atomic mass is 10.1. The first kappa shape index (κ1) is 16.6. The van der Waals surface area contributed by atoms with Crippen LogP contribution in [0.3, 0.4) is 0 Å². The van der Waals surface area contributed by atoms with Gasteiger partial charge in [-0.2, -0.15) is 0 Å². The third kappa shape index (κ3) is 3.54. The molecule has 24 heavy (non-hydrogen) atoms. The van der Waals surface area contributed by atoms with E-state index in [1.165, 1.54) is 38.9 Å². The fraction of sp³-hybridized carbons (Fsp3) is 0.529. The molecule has 7 heteroatoms. The third-order valence-electron chi connectivity index (χ3n) is 4.73. The number of nitrogens with zero attached hydrogens (tertiary/aromatic N) is 5. The summed E-state index contributed by atoms with van der Waals surface area (Å²) in [5.41, 5.74) is 1.11. The van der Waals surface area contributed by atoms with Crippen molar-refractivity contribution in [2.24, 2.45) is 0 Å². The van der Waals surface area contributed by atoms with Crippen LogP contribution in [0.4, 0.5) is 0 Å². The normalized spacial score (nSPS) is 19.4. The Morgan fingerprint density at radius 3 is 2.62 bits per heavy atom. The van der Waals surface area contributed by atoms with Gasteiger partial charge in [-0.3, -0.25) is 9.47 Å². The van der Waals surface area contributed by atoms with Gasteiger partial charge in [0.05, 0.1) is 12.5 Å². The summed E-state index contributed by atoms with van der Waals surface area (Å²) in [4.78, 5) is 5.10. The summed E-state index contributed by atoms with van der Waals surface area (Å²) in [7, 11) is 0. The van der Waals surface area contributed by atoms with Crippen molar-refractivity contribution in [2.45, 2.75) is 31.1 Å². The van der Waals surface area contributed by atoms with Gasteiger partial charge in [0, 0.05) is 23.1 Å². The van der Waals surface area contributed by atoms with Crippen LogP contribution in [0.2, 0.25) is 0 Å². The molecule has 1 aromatic heterocycles. The van der Waals surface area contributed by atoms with Gasteiger partial charge in [-0.1, -0.05) is 52.3 Å². The molecule has 0 radical (unpaired) electrons. The number of fused-ring (bicyclic) bond motifs is 1. The Bertz CT molecular complexity index is 698. The quantitative estimate of drug-likeness (QED) is 0.774. The molecule has 1 fully saturated rings. The zero-order valence-corrected chi connectivity index (χ0v) is 16.1. The largest absolute Gasteiger partial charge is 0.302 e. The number of thioether (sulfide) groups is 1. The van der Waals surface area contributed by atoms with E-state index in [1.807, 2.05) is 12.1 Å². The molecule has 1 saturated heterocycles. The Morgan fingerprint density at radius 2 is 1.79 bits per heavy atom. The molecule has 0 unspecified atom stereocenters. The molecule has 0 saturated carbocycles. The molecule has 3 heterocycles. The summed E-state index contributed by atoms with van der Waals surface area (Å²) in [6.07, 6.45) is 4.11. The highest BCUT2D eigenvalue weighted by atomic mass is 79.9. The molecule has 1 aromatic carbocycles. The van der Waals surface area contributed by atoms with E-state index in [4.69, 9.17) is 0 Å². The van der Waals surface area contributed by atoms with E-state index in [1.54, 1.807) is 11.8 Å². The maximum Gasteiger partial charge on any atom is 0.193 e. The van der Waals surface area contributed by atoms with Crippen LogP contribution in [0.25, 0.3) is 11.4 Å². The van der Waals surface area contributed by atoms with Crippen LogP contribution < -0.4 is 0 Å². The van der Waals surface area contributed by atoms with Gasteiger partial charge in [0.15, 0.2) is 11.0 Å². The van der Waals surface area contributed by atoms with Gasteiger partial charge in [0.2, 0.25) is 0 Å². The zero-order chi connectivity index (χ0) is 16.4. The second-order valence-electron chi connectivity index (χ2n) is 6.43. The van der Waals surface area contributed by atoms with Crippen LogP contribution in [0.15, 0.2) is 33.9 Å². The summed E-state index contributed by atoms with van der Waals surface area (Å²) in [6.45, 7) is 5.68. The monoisotopic (exact) mass is 407 g/mol. The second-order valence-corrected chi connectivity index (χ2v) is 8.19. The number of aromatic nitrogens is 3. The van der Waals surface area contributed by atoms with Crippen molar-refractivity contribution in [2.75, 3.05) is 32.1 Å². The summed E-state index contributed by atoms with van der Waals surface area (Å²) < 4.78 is 3.31. The number of piperidine rings is 1. The van der Waals surface area contributed by atoms with Gasteiger partial charge in [0.25, 0.3) is 0 Å². The molecule has 4 rings (SSSR count). The van der Waals surface area contributed by atoms with Gasteiger partial charge in [0.1, 0.15) is 0 Å². The summed E-state index contributed by atoms with van der Waals surface area (Å²) in [5, 5.41) is 9.84. The van der Waals surface area contributed by atoms with Crippen LogP contribution in [0.5, 0.6) is 0 Å². The van der Waals surface area contributed by atoms with Gasteiger partial charge < -0.3 is 4.90 Å². The molecule has 0 spiro atoms. The Balaban J connectivity index is 1.46. The first-order valence-corrected chi connectivity index (χ1v) is 10.3. The molecule has 128 valence electrons. The van der Waals surface area contributed by atoms with Gasteiger partial charge in [-0.25, -0.2) is 0 Å². The summed E-state index contributed by atoms with van der Waals surface area (Å²) in [5.74, 6) is 1.95. The van der Waals surface area contributed by atoms with Crippen molar-refractivity contribution < 1.29 is 0 Å². The van der Waals surface area contributed by atoms with Crippen LogP contribution in [-0.2, 0) is 6.67 Å². The zero-order valence-electron chi connectivity index (χ0n) is 13.7. The van der Waals surface area contributed by atoms with Crippen molar-refractivity contribution in [3.05, 3.63) is 28.7 Å². The smallest absolute Gasteiger partial charge is 0.193 e. The molecule has 2 aliphatic heterocycles. The standard InChI is InChI=1S/C17H22BrN5S/c18-15-7-3-2-6-14(15)16-19-20-17-23(16)12-22(13-24-17)11-10-21-8-4-1-5-9-21/h2-3,6-7H,1,4-5,8-13H2. The fourth-order valence-electron chi connectivity index (χ4n) is 3.36. The number of hydrogen-bond donors (Lipinski definition) is 0.